The van der Waals surface area contributed by atoms with Crippen molar-refractivity contribution in [2.75, 3.05) is 5.32 Å². The maximum atomic E-state index is 12.1. The number of benzene rings is 1. The molecule has 1 aromatic heterocycles. The Balaban J connectivity index is 2.24. The van der Waals surface area contributed by atoms with E-state index in [0.717, 1.165) is 21.4 Å². The normalized spacial score (nSPS) is 10.4. The molecule has 18 heavy (non-hydrogen) atoms. The number of aromatic nitrogens is 2. The third-order valence-electron chi connectivity index (χ3n) is 2.85. The van der Waals surface area contributed by atoms with Gasteiger partial charge in [0.2, 0.25) is 0 Å². The van der Waals surface area contributed by atoms with Crippen LogP contribution in [0, 0.1) is 13.8 Å². The van der Waals surface area contributed by atoms with Crippen LogP contribution in [-0.4, -0.2) is 15.7 Å². The number of hydrogen-bond donors (Lipinski definition) is 1. The van der Waals surface area contributed by atoms with E-state index in [-0.39, 0.29) is 5.91 Å². The van der Waals surface area contributed by atoms with Crippen molar-refractivity contribution >= 4 is 27.5 Å². The minimum absolute atomic E-state index is 0.148. The van der Waals surface area contributed by atoms with Gasteiger partial charge in [-0.3, -0.25) is 9.48 Å². The molecule has 0 saturated heterocycles. The van der Waals surface area contributed by atoms with Gasteiger partial charge in [-0.25, -0.2) is 0 Å². The summed E-state index contributed by atoms with van der Waals surface area (Å²) in [5, 5.41) is 6.93. The molecule has 0 aliphatic carbocycles. The Morgan fingerprint density at radius 2 is 2.11 bits per heavy atom. The summed E-state index contributed by atoms with van der Waals surface area (Å²) in [7, 11) is 1.81. The Hall–Kier alpha value is -1.62. The van der Waals surface area contributed by atoms with E-state index in [9.17, 15) is 4.79 Å². The highest BCUT2D eigenvalue weighted by molar-refractivity contribution is 9.10. The second-order valence-corrected chi connectivity index (χ2v) is 5.06. The third-order valence-corrected chi connectivity index (χ3v) is 3.51. The van der Waals surface area contributed by atoms with Crippen molar-refractivity contribution in [3.8, 4) is 0 Å². The Bertz CT molecular complexity index is 604. The SMILES string of the molecule is Cc1ccc(NC(=O)c2cnn(C)c2C)c(Br)c1. The molecule has 1 heterocycles. The number of rotatable bonds is 2. The Labute approximate surface area is 114 Å². The lowest BCUT2D eigenvalue weighted by Gasteiger charge is -2.07. The summed E-state index contributed by atoms with van der Waals surface area (Å²) in [6.07, 6.45) is 1.58. The van der Waals surface area contributed by atoms with E-state index < -0.39 is 0 Å². The van der Waals surface area contributed by atoms with Crippen LogP contribution >= 0.6 is 15.9 Å². The molecule has 2 rings (SSSR count). The van der Waals surface area contributed by atoms with Gasteiger partial charge in [-0.2, -0.15) is 5.10 Å². The quantitative estimate of drug-likeness (QED) is 0.927. The Kier molecular flexibility index (Phi) is 3.52. The van der Waals surface area contributed by atoms with Crippen LogP contribution < -0.4 is 5.32 Å². The molecule has 0 saturated carbocycles. The van der Waals surface area contributed by atoms with Gasteiger partial charge in [0.15, 0.2) is 0 Å². The molecule has 0 fully saturated rings. The number of nitrogens with one attached hydrogen (secondary N) is 1. The molecular weight excluding hydrogens is 294 g/mol. The fraction of sp³-hybridized carbons (Fsp3) is 0.231. The van der Waals surface area contributed by atoms with E-state index in [0.29, 0.717) is 5.56 Å². The van der Waals surface area contributed by atoms with Crippen LogP contribution in [0.1, 0.15) is 21.6 Å². The third kappa shape index (κ3) is 2.46. The van der Waals surface area contributed by atoms with E-state index in [1.54, 1.807) is 10.9 Å². The van der Waals surface area contributed by atoms with Crippen molar-refractivity contribution in [1.82, 2.24) is 9.78 Å². The molecule has 1 aromatic carbocycles. The topological polar surface area (TPSA) is 46.9 Å². The number of hydrogen-bond acceptors (Lipinski definition) is 2. The number of carbonyl (C=O) groups excluding carboxylic acids is 1. The average molecular weight is 308 g/mol. The summed E-state index contributed by atoms with van der Waals surface area (Å²) < 4.78 is 2.55. The highest BCUT2D eigenvalue weighted by Crippen LogP contribution is 2.24. The number of anilines is 1. The lowest BCUT2D eigenvalue weighted by molar-refractivity contribution is 0.102. The van der Waals surface area contributed by atoms with E-state index in [1.165, 1.54) is 0 Å². The number of carbonyl (C=O) groups is 1. The molecule has 94 valence electrons. The molecule has 4 nitrogen and oxygen atoms in total. The molecule has 0 atom stereocenters. The van der Waals surface area contributed by atoms with Crippen LogP contribution in [0.15, 0.2) is 28.9 Å². The summed E-state index contributed by atoms with van der Waals surface area (Å²) in [6, 6.07) is 5.80. The molecule has 2 aromatic rings. The summed E-state index contributed by atoms with van der Waals surface area (Å²) in [4.78, 5) is 12.1. The lowest BCUT2D eigenvalue weighted by Crippen LogP contribution is -2.13. The fourth-order valence-electron chi connectivity index (χ4n) is 1.63. The minimum Gasteiger partial charge on any atom is -0.321 e. The van der Waals surface area contributed by atoms with Gasteiger partial charge in [0.05, 0.1) is 17.4 Å². The summed E-state index contributed by atoms with van der Waals surface area (Å²) in [5.41, 5.74) is 3.33. The summed E-state index contributed by atoms with van der Waals surface area (Å²) in [5.74, 6) is -0.148. The van der Waals surface area contributed by atoms with Crippen molar-refractivity contribution in [2.24, 2.45) is 7.05 Å². The van der Waals surface area contributed by atoms with E-state index in [2.05, 4.69) is 26.3 Å². The van der Waals surface area contributed by atoms with Crippen LogP contribution in [0.4, 0.5) is 5.69 Å². The zero-order valence-corrected chi connectivity index (χ0v) is 12.1. The fourth-order valence-corrected chi connectivity index (χ4v) is 2.23. The van der Waals surface area contributed by atoms with E-state index in [1.807, 2.05) is 39.1 Å². The first-order valence-electron chi connectivity index (χ1n) is 5.55. The van der Waals surface area contributed by atoms with Gasteiger partial charge in [0.1, 0.15) is 0 Å². The van der Waals surface area contributed by atoms with Crippen LogP contribution in [0.25, 0.3) is 0 Å². The highest BCUT2D eigenvalue weighted by Gasteiger charge is 2.13. The van der Waals surface area contributed by atoms with Crippen LogP contribution in [0.2, 0.25) is 0 Å². The molecule has 0 radical (unpaired) electrons. The van der Waals surface area contributed by atoms with Gasteiger partial charge in [0, 0.05) is 17.2 Å². The van der Waals surface area contributed by atoms with Gasteiger partial charge >= 0.3 is 0 Å². The largest absolute Gasteiger partial charge is 0.321 e. The zero-order chi connectivity index (χ0) is 13.3. The monoisotopic (exact) mass is 307 g/mol. The van der Waals surface area contributed by atoms with Crippen molar-refractivity contribution in [3.05, 3.63) is 45.7 Å². The van der Waals surface area contributed by atoms with Gasteiger partial charge in [-0.05, 0) is 47.5 Å². The molecule has 0 aliphatic heterocycles. The van der Waals surface area contributed by atoms with E-state index in [4.69, 9.17) is 0 Å². The van der Waals surface area contributed by atoms with Gasteiger partial charge in [0.25, 0.3) is 5.91 Å². The number of amides is 1. The second-order valence-electron chi connectivity index (χ2n) is 4.20. The maximum Gasteiger partial charge on any atom is 0.259 e. The predicted molar refractivity (Wildman–Crippen MR) is 74.8 cm³/mol. The lowest BCUT2D eigenvalue weighted by atomic mass is 10.2. The molecule has 0 aliphatic rings. The number of nitrogens with zero attached hydrogens (tertiary/aromatic N) is 2. The number of halogens is 1. The van der Waals surface area contributed by atoms with Crippen LogP contribution in [0.3, 0.4) is 0 Å². The Morgan fingerprint density at radius 3 is 2.67 bits per heavy atom. The summed E-state index contributed by atoms with van der Waals surface area (Å²) in [6.45, 7) is 3.87. The molecular formula is C13H14BrN3O. The van der Waals surface area contributed by atoms with Crippen LogP contribution in [-0.2, 0) is 7.05 Å². The average Bonchev–Trinajstić information content (AvgIpc) is 2.64. The van der Waals surface area contributed by atoms with Gasteiger partial charge < -0.3 is 5.32 Å². The highest BCUT2D eigenvalue weighted by atomic mass is 79.9. The van der Waals surface area contributed by atoms with Crippen molar-refractivity contribution in [3.63, 3.8) is 0 Å². The Morgan fingerprint density at radius 1 is 1.39 bits per heavy atom. The molecule has 0 bridgehead atoms. The molecule has 0 spiro atoms. The van der Waals surface area contributed by atoms with Gasteiger partial charge in [-0.1, -0.05) is 6.07 Å². The second kappa shape index (κ2) is 4.94. The standard InChI is InChI=1S/C13H14BrN3O/c1-8-4-5-12(11(14)6-8)16-13(18)10-7-15-17(3)9(10)2/h4-7H,1-3H3,(H,16,18). The first kappa shape index (κ1) is 12.8. The van der Waals surface area contributed by atoms with Crippen molar-refractivity contribution in [2.45, 2.75) is 13.8 Å². The summed E-state index contributed by atoms with van der Waals surface area (Å²) >= 11 is 3.44. The first-order chi connectivity index (χ1) is 8.49. The number of aryl methyl sites for hydroxylation is 2. The zero-order valence-electron chi connectivity index (χ0n) is 10.5. The molecule has 5 heteroatoms. The van der Waals surface area contributed by atoms with Crippen molar-refractivity contribution in [1.29, 1.82) is 0 Å². The van der Waals surface area contributed by atoms with Crippen molar-refractivity contribution < 1.29 is 4.79 Å². The first-order valence-corrected chi connectivity index (χ1v) is 6.34. The van der Waals surface area contributed by atoms with Crippen LogP contribution in [0.5, 0.6) is 0 Å². The predicted octanol–water partition coefficient (Wildman–Crippen LogP) is 3.05. The minimum atomic E-state index is -0.148. The molecule has 1 amide bonds. The maximum absolute atomic E-state index is 12.1. The molecule has 0 unspecified atom stereocenters. The van der Waals surface area contributed by atoms with E-state index >= 15 is 0 Å². The molecule has 1 N–H and O–H groups in total. The van der Waals surface area contributed by atoms with Gasteiger partial charge in [-0.15, -0.1) is 0 Å². The smallest absolute Gasteiger partial charge is 0.259 e.